The molecule has 0 spiro atoms. The van der Waals surface area contributed by atoms with E-state index >= 15 is 0 Å². The minimum absolute atomic E-state index is 0.289. The summed E-state index contributed by atoms with van der Waals surface area (Å²) in [6.07, 6.45) is 2.83. The molecule has 0 aromatic rings. The molecule has 8 heavy (non-hydrogen) atoms. The second-order valence-corrected chi connectivity index (χ2v) is 1.62. The van der Waals surface area contributed by atoms with Crippen molar-refractivity contribution in [1.29, 1.82) is 0 Å². The Labute approximate surface area is 50.5 Å². The van der Waals surface area contributed by atoms with Gasteiger partial charge in [-0.25, -0.2) is 0 Å². The van der Waals surface area contributed by atoms with Crippen LogP contribution in [0.1, 0.15) is 19.3 Å². The maximum absolute atomic E-state index is 8.31. The van der Waals surface area contributed by atoms with Crippen LogP contribution in [0.25, 0.3) is 0 Å². The molecule has 49 valence electrons. The number of hydrogen-bond donors (Lipinski definition) is 1. The first-order valence-corrected chi connectivity index (χ1v) is 2.87. The first-order valence-electron chi connectivity index (χ1n) is 2.87. The van der Waals surface area contributed by atoms with E-state index in [1.165, 1.54) is 0 Å². The predicted octanol–water partition coefficient (Wildman–Crippen LogP) is 0.957. The summed E-state index contributed by atoms with van der Waals surface area (Å²) in [6.45, 7) is 2.03. The Morgan fingerprint density at radius 1 is 1.50 bits per heavy atom. The van der Waals surface area contributed by atoms with Gasteiger partial charge in [-0.1, -0.05) is 0 Å². The normalized spacial score (nSPS) is 9.75. The summed E-state index contributed by atoms with van der Waals surface area (Å²) in [6, 6.07) is 0. The highest BCUT2D eigenvalue weighted by Gasteiger charge is 1.84. The molecule has 0 amide bonds. The lowest BCUT2D eigenvalue weighted by molar-refractivity contribution is 0.250. The molecule has 1 N–H and O–H groups in total. The van der Waals surface area contributed by atoms with Crippen molar-refractivity contribution >= 4 is 0 Å². The number of ether oxygens (including phenoxy) is 1. The lowest BCUT2D eigenvalue weighted by Crippen LogP contribution is -1.84. The van der Waals surface area contributed by atoms with Crippen molar-refractivity contribution in [2.75, 3.05) is 13.7 Å². The zero-order valence-corrected chi connectivity index (χ0v) is 5.26. The fourth-order valence-corrected chi connectivity index (χ4v) is 0.457. The average Bonchev–Trinajstić information content (AvgIpc) is 1.81. The fourth-order valence-electron chi connectivity index (χ4n) is 0.457. The Morgan fingerprint density at radius 2 is 2.25 bits per heavy atom. The van der Waals surface area contributed by atoms with E-state index < -0.39 is 0 Å². The lowest BCUT2D eigenvalue weighted by Gasteiger charge is -1.94. The molecular formula is C6H13O2. The molecule has 0 aromatic heterocycles. The second-order valence-electron chi connectivity index (χ2n) is 1.62. The Kier molecular flexibility index (Phi) is 6.85. The Balaban J connectivity index is 2.53. The van der Waals surface area contributed by atoms with Crippen LogP contribution in [0.2, 0.25) is 0 Å². The third-order valence-corrected chi connectivity index (χ3v) is 0.897. The van der Waals surface area contributed by atoms with Gasteiger partial charge < -0.3 is 9.84 Å². The van der Waals surface area contributed by atoms with Gasteiger partial charge in [-0.05, 0) is 19.3 Å². The van der Waals surface area contributed by atoms with Crippen molar-refractivity contribution in [1.82, 2.24) is 0 Å². The SMILES string of the molecule is CO[CH]CCCCO. The number of rotatable bonds is 5. The van der Waals surface area contributed by atoms with Crippen molar-refractivity contribution in [2.24, 2.45) is 0 Å². The zero-order chi connectivity index (χ0) is 6.24. The van der Waals surface area contributed by atoms with Gasteiger partial charge in [0.2, 0.25) is 0 Å². The average molecular weight is 117 g/mol. The van der Waals surface area contributed by atoms with Crippen molar-refractivity contribution < 1.29 is 9.84 Å². The van der Waals surface area contributed by atoms with E-state index in [-0.39, 0.29) is 6.61 Å². The molecule has 0 atom stereocenters. The summed E-state index contributed by atoms with van der Waals surface area (Å²) >= 11 is 0. The summed E-state index contributed by atoms with van der Waals surface area (Å²) < 4.78 is 4.68. The molecule has 0 saturated heterocycles. The van der Waals surface area contributed by atoms with Gasteiger partial charge in [0.15, 0.2) is 0 Å². The number of aliphatic hydroxyl groups is 1. The van der Waals surface area contributed by atoms with Crippen LogP contribution in [-0.4, -0.2) is 18.8 Å². The van der Waals surface area contributed by atoms with Gasteiger partial charge in [0, 0.05) is 13.7 Å². The fraction of sp³-hybridized carbons (Fsp3) is 0.833. The van der Waals surface area contributed by atoms with Crippen LogP contribution in [-0.2, 0) is 4.74 Å². The van der Waals surface area contributed by atoms with Crippen LogP contribution in [0.15, 0.2) is 0 Å². The molecule has 0 aliphatic heterocycles. The minimum atomic E-state index is 0.289. The zero-order valence-electron chi connectivity index (χ0n) is 5.26. The molecule has 0 bridgehead atoms. The van der Waals surface area contributed by atoms with Crippen molar-refractivity contribution in [2.45, 2.75) is 19.3 Å². The standard InChI is InChI=1S/C6H13O2/c1-8-6-4-2-3-5-7/h6-7H,2-5H2,1H3. The molecule has 1 radical (unpaired) electrons. The summed E-state index contributed by atoms with van der Waals surface area (Å²) in [5.74, 6) is 0. The maximum Gasteiger partial charge on any atom is 0.0832 e. The molecule has 0 aromatic carbocycles. The van der Waals surface area contributed by atoms with Crippen molar-refractivity contribution in [3.63, 3.8) is 0 Å². The number of unbranched alkanes of at least 4 members (excludes halogenated alkanes) is 2. The van der Waals surface area contributed by atoms with E-state index in [2.05, 4.69) is 4.74 Å². The Hall–Kier alpha value is -0.0800. The number of methoxy groups -OCH3 is 1. The molecule has 0 saturated carbocycles. The first kappa shape index (κ1) is 7.92. The smallest absolute Gasteiger partial charge is 0.0832 e. The molecule has 0 aliphatic rings. The molecule has 0 aliphatic carbocycles. The van der Waals surface area contributed by atoms with Gasteiger partial charge in [-0.2, -0.15) is 0 Å². The number of hydrogen-bond acceptors (Lipinski definition) is 2. The third kappa shape index (κ3) is 5.92. The summed E-state index contributed by atoms with van der Waals surface area (Å²) in [5.41, 5.74) is 0. The summed E-state index contributed by atoms with van der Waals surface area (Å²) in [4.78, 5) is 0. The lowest BCUT2D eigenvalue weighted by atomic mass is 10.2. The van der Waals surface area contributed by atoms with Crippen molar-refractivity contribution in [3.8, 4) is 0 Å². The van der Waals surface area contributed by atoms with E-state index in [1.54, 1.807) is 13.7 Å². The minimum Gasteiger partial charge on any atom is -0.396 e. The van der Waals surface area contributed by atoms with E-state index in [0.29, 0.717) is 0 Å². The van der Waals surface area contributed by atoms with E-state index in [9.17, 15) is 0 Å². The molecule has 0 heterocycles. The topological polar surface area (TPSA) is 29.5 Å². The van der Waals surface area contributed by atoms with Gasteiger partial charge in [0.25, 0.3) is 0 Å². The maximum atomic E-state index is 8.31. The monoisotopic (exact) mass is 117 g/mol. The van der Waals surface area contributed by atoms with E-state index in [4.69, 9.17) is 5.11 Å². The highest BCUT2D eigenvalue weighted by atomic mass is 16.5. The predicted molar refractivity (Wildman–Crippen MR) is 32.2 cm³/mol. The van der Waals surface area contributed by atoms with Gasteiger partial charge in [-0.15, -0.1) is 0 Å². The van der Waals surface area contributed by atoms with Crippen LogP contribution in [0.3, 0.4) is 0 Å². The van der Waals surface area contributed by atoms with Crippen LogP contribution < -0.4 is 0 Å². The van der Waals surface area contributed by atoms with Gasteiger partial charge >= 0.3 is 0 Å². The summed E-state index contributed by atoms with van der Waals surface area (Å²) in [5, 5.41) is 8.31. The van der Waals surface area contributed by atoms with Gasteiger partial charge in [-0.3, -0.25) is 0 Å². The van der Waals surface area contributed by atoms with Gasteiger partial charge in [0.1, 0.15) is 0 Å². The number of aliphatic hydroxyl groups excluding tert-OH is 1. The van der Waals surface area contributed by atoms with Crippen LogP contribution in [0, 0.1) is 6.61 Å². The van der Waals surface area contributed by atoms with E-state index in [1.807, 2.05) is 0 Å². The van der Waals surface area contributed by atoms with Crippen molar-refractivity contribution in [3.05, 3.63) is 6.61 Å². The van der Waals surface area contributed by atoms with Crippen LogP contribution in [0.5, 0.6) is 0 Å². The molecule has 0 rings (SSSR count). The molecule has 2 heteroatoms. The van der Waals surface area contributed by atoms with Gasteiger partial charge in [0.05, 0.1) is 6.61 Å². The van der Waals surface area contributed by atoms with E-state index in [0.717, 1.165) is 19.3 Å². The first-order chi connectivity index (χ1) is 3.91. The Morgan fingerprint density at radius 3 is 2.75 bits per heavy atom. The summed E-state index contributed by atoms with van der Waals surface area (Å²) in [7, 11) is 1.64. The largest absolute Gasteiger partial charge is 0.396 e. The third-order valence-electron chi connectivity index (χ3n) is 0.897. The van der Waals surface area contributed by atoms with Crippen LogP contribution in [0.4, 0.5) is 0 Å². The molecule has 0 unspecified atom stereocenters. The second kappa shape index (κ2) is 6.92. The highest BCUT2D eigenvalue weighted by Crippen LogP contribution is 1.96. The quantitative estimate of drug-likeness (QED) is 0.543. The Bertz CT molecular complexity index is 31.5. The highest BCUT2D eigenvalue weighted by molar-refractivity contribution is 4.48. The van der Waals surface area contributed by atoms with Crippen LogP contribution >= 0.6 is 0 Å². The molecule has 0 fully saturated rings. The molecule has 2 nitrogen and oxygen atoms in total. The molecular weight excluding hydrogens is 104 g/mol.